The molecule has 2 aromatic rings. The van der Waals surface area contributed by atoms with E-state index < -0.39 is 30.6 Å². The number of nitrogens with zero attached hydrogens (tertiary/aromatic N) is 4. The Hall–Kier alpha value is -1.28. The van der Waals surface area contributed by atoms with E-state index in [1.54, 1.807) is 0 Å². The van der Waals surface area contributed by atoms with Crippen molar-refractivity contribution in [3.05, 3.63) is 59.7 Å². The molecule has 0 aromatic heterocycles. The zero-order chi connectivity index (χ0) is 35.9. The Morgan fingerprint density at radius 2 is 0.604 bits per heavy atom. The predicted molar refractivity (Wildman–Crippen MR) is 198 cm³/mol. The van der Waals surface area contributed by atoms with Crippen molar-refractivity contribution >= 4 is 30.6 Å². The summed E-state index contributed by atoms with van der Waals surface area (Å²) < 4.78 is 75.0. The molecular formula is C32H56N4O8P4. The number of hydrogen-bond acceptors (Lipinski definition) is 12. The van der Waals surface area contributed by atoms with Crippen LogP contribution in [0, 0.1) is 13.8 Å². The highest BCUT2D eigenvalue weighted by Gasteiger charge is 2.47. The third-order valence-corrected chi connectivity index (χ3v) is 17.9. The Balaban J connectivity index is 2.75. The summed E-state index contributed by atoms with van der Waals surface area (Å²) in [6, 6.07) is 15.2. The highest BCUT2D eigenvalue weighted by molar-refractivity contribution is 7.78. The molecule has 0 bridgehead atoms. The zero-order valence-corrected chi connectivity index (χ0v) is 34.5. The molecule has 0 fully saturated rings. The van der Waals surface area contributed by atoms with E-state index in [2.05, 4.69) is 0 Å². The topological polar surface area (TPSA) is 123 Å². The molecule has 0 saturated heterocycles. The summed E-state index contributed by atoms with van der Waals surface area (Å²) in [4.78, 5) is 0. The summed E-state index contributed by atoms with van der Waals surface area (Å²) in [6.45, 7) is 26.6. The van der Waals surface area contributed by atoms with Gasteiger partial charge in [-0.25, -0.2) is 0 Å². The minimum atomic E-state index is -3.98. The molecule has 2 aromatic carbocycles. The van der Waals surface area contributed by atoms with Gasteiger partial charge in [-0.15, -0.1) is 18.1 Å². The van der Waals surface area contributed by atoms with E-state index >= 15 is 0 Å². The Labute approximate surface area is 289 Å². The Morgan fingerprint density at radius 1 is 0.375 bits per heavy atom. The fraction of sp³-hybridized carbons (Fsp3) is 0.625. The van der Waals surface area contributed by atoms with Crippen molar-refractivity contribution in [1.82, 2.24) is 0 Å². The molecule has 0 amide bonds. The first kappa shape index (κ1) is 41.1. The lowest BCUT2D eigenvalue weighted by atomic mass is 10.2. The first-order valence-corrected chi connectivity index (χ1v) is 22.6. The van der Waals surface area contributed by atoms with Crippen molar-refractivity contribution in [2.24, 2.45) is 18.1 Å². The van der Waals surface area contributed by atoms with E-state index in [-0.39, 0.29) is 36.6 Å². The first-order valence-electron chi connectivity index (χ1n) is 16.5. The average molecular weight is 749 g/mol. The van der Waals surface area contributed by atoms with Gasteiger partial charge in [0.1, 0.15) is 11.5 Å². The summed E-state index contributed by atoms with van der Waals surface area (Å²) in [7, 11) is -15.3. The van der Waals surface area contributed by atoms with Crippen LogP contribution in [0.3, 0.4) is 0 Å². The van der Waals surface area contributed by atoms with Crippen LogP contribution in [0.4, 0.5) is 0 Å². The van der Waals surface area contributed by atoms with Gasteiger partial charge in [-0.05, 0) is 120 Å². The van der Waals surface area contributed by atoms with Gasteiger partial charge >= 0.3 is 30.6 Å². The molecule has 272 valence electrons. The largest absolute Gasteiger partial charge is 0.457 e. The van der Waals surface area contributed by atoms with E-state index in [1.807, 2.05) is 145 Å². The number of benzene rings is 2. The minimum absolute atomic E-state index is 0.366. The van der Waals surface area contributed by atoms with Crippen LogP contribution in [0.1, 0.15) is 94.2 Å². The second kappa shape index (κ2) is 17.3. The highest BCUT2D eigenvalue weighted by Crippen LogP contribution is 2.81. The lowest BCUT2D eigenvalue weighted by molar-refractivity contribution is 0.155. The quantitative estimate of drug-likeness (QED) is 0.155. The normalized spacial score (nSPS) is 18.2. The molecule has 1 aliphatic rings. The molecule has 1 heterocycles. The molecule has 0 N–H and O–H groups in total. The van der Waals surface area contributed by atoms with Crippen LogP contribution in [0.15, 0.2) is 66.6 Å². The van der Waals surface area contributed by atoms with Gasteiger partial charge in [0.2, 0.25) is 0 Å². The lowest BCUT2D eigenvalue weighted by Gasteiger charge is -2.36. The van der Waals surface area contributed by atoms with Crippen LogP contribution in [0.2, 0.25) is 0 Å². The van der Waals surface area contributed by atoms with Crippen LogP contribution in [0.25, 0.3) is 0 Å². The van der Waals surface area contributed by atoms with Crippen LogP contribution in [-0.2, 0) is 27.1 Å². The summed E-state index contributed by atoms with van der Waals surface area (Å²) in [5, 5.41) is 0. The summed E-state index contributed by atoms with van der Waals surface area (Å²) in [6.07, 6.45) is -2.28. The number of rotatable bonds is 16. The van der Waals surface area contributed by atoms with Gasteiger partial charge in [0.05, 0.1) is 36.6 Å². The number of hydrogen-bond donors (Lipinski definition) is 0. The van der Waals surface area contributed by atoms with Gasteiger partial charge in [-0.2, -0.15) is 0 Å². The Bertz CT molecular complexity index is 1500. The Morgan fingerprint density at radius 3 is 0.854 bits per heavy atom. The van der Waals surface area contributed by atoms with Crippen molar-refractivity contribution in [3.8, 4) is 11.5 Å². The standard InChI is InChI=1S/C32H56N4O8P4/c1-23(2)37-45(38-24(3)4)33-46(39-25(5)6,40-26(7)8)35-48(43-31-21-17-15-19-29(31)13,44-32-22-18-16-20-30(32)14)36-47(34-45,41-27(9)10)42-28(11)12/h15-28H,1-14H3. The molecule has 1 aliphatic heterocycles. The van der Waals surface area contributed by atoms with Gasteiger partial charge in [0.15, 0.2) is 0 Å². The maximum Gasteiger partial charge on any atom is 0.457 e. The average Bonchev–Trinajstić information content (AvgIpc) is 2.87. The molecule has 0 saturated carbocycles. The molecule has 0 atom stereocenters. The van der Waals surface area contributed by atoms with Crippen LogP contribution >= 0.6 is 30.6 Å². The van der Waals surface area contributed by atoms with Crippen molar-refractivity contribution in [1.29, 1.82) is 0 Å². The summed E-state index contributed by atoms with van der Waals surface area (Å²) in [5.41, 5.74) is 1.69. The minimum Gasteiger partial charge on any atom is -0.413 e. The van der Waals surface area contributed by atoms with E-state index in [0.717, 1.165) is 11.1 Å². The van der Waals surface area contributed by atoms with Crippen molar-refractivity contribution in [3.63, 3.8) is 0 Å². The maximum absolute atomic E-state index is 6.94. The van der Waals surface area contributed by atoms with Crippen molar-refractivity contribution in [2.75, 3.05) is 0 Å². The molecule has 16 heteroatoms. The van der Waals surface area contributed by atoms with Gasteiger partial charge in [0, 0.05) is 0 Å². The first-order chi connectivity index (χ1) is 22.3. The van der Waals surface area contributed by atoms with Crippen molar-refractivity contribution in [2.45, 2.75) is 134 Å². The van der Waals surface area contributed by atoms with E-state index in [1.165, 1.54) is 0 Å². The second-order valence-corrected chi connectivity index (χ2v) is 21.4. The van der Waals surface area contributed by atoms with E-state index in [0.29, 0.717) is 11.5 Å². The Kier molecular flexibility index (Phi) is 14.8. The van der Waals surface area contributed by atoms with E-state index in [9.17, 15) is 0 Å². The second-order valence-electron chi connectivity index (χ2n) is 13.0. The SMILES string of the molecule is Cc1ccccc1OP1(Oc2ccccc2C)=NP(OC(C)C)(OC(C)C)=NP(OC(C)C)(OC(C)C)=NP(OC(C)C)(OC(C)C)=N1. The summed E-state index contributed by atoms with van der Waals surface area (Å²) in [5.74, 6) is 1.01. The number of para-hydroxylation sites is 2. The molecule has 48 heavy (non-hydrogen) atoms. The van der Waals surface area contributed by atoms with E-state index in [4.69, 9.17) is 54.3 Å². The monoisotopic (exact) mass is 748 g/mol. The summed E-state index contributed by atoms with van der Waals surface area (Å²) >= 11 is 0. The van der Waals surface area contributed by atoms with Crippen LogP contribution < -0.4 is 9.05 Å². The lowest BCUT2D eigenvalue weighted by Crippen LogP contribution is -2.14. The molecule has 3 rings (SSSR count). The van der Waals surface area contributed by atoms with Gasteiger partial charge in [-0.1, -0.05) is 36.4 Å². The van der Waals surface area contributed by atoms with Gasteiger partial charge < -0.3 is 36.2 Å². The smallest absolute Gasteiger partial charge is 0.413 e. The number of aryl methyl sites for hydroxylation is 2. The zero-order valence-electron chi connectivity index (χ0n) is 30.9. The molecule has 0 aliphatic carbocycles. The van der Waals surface area contributed by atoms with Gasteiger partial charge in [0.25, 0.3) is 0 Å². The maximum atomic E-state index is 6.94. The molecule has 12 nitrogen and oxygen atoms in total. The highest BCUT2D eigenvalue weighted by atomic mass is 31.3. The fourth-order valence-corrected chi connectivity index (χ4v) is 17.7. The third kappa shape index (κ3) is 11.9. The molecule has 0 spiro atoms. The third-order valence-electron chi connectivity index (χ3n) is 5.61. The fourth-order valence-electron chi connectivity index (χ4n) is 4.28. The molecule has 0 unspecified atom stereocenters. The van der Waals surface area contributed by atoms with Crippen molar-refractivity contribution < 1.29 is 36.2 Å². The predicted octanol–water partition coefficient (Wildman–Crippen LogP) is 13.1. The van der Waals surface area contributed by atoms with Crippen LogP contribution in [-0.4, -0.2) is 36.6 Å². The molecular weight excluding hydrogens is 692 g/mol. The van der Waals surface area contributed by atoms with Gasteiger partial charge in [-0.3, -0.25) is 0 Å². The van der Waals surface area contributed by atoms with Crippen LogP contribution in [0.5, 0.6) is 11.5 Å². The molecule has 0 radical (unpaired) electrons.